The number of aliphatic hydroxyl groups excluding tert-OH is 2. The van der Waals surface area contributed by atoms with Gasteiger partial charge in [-0.25, -0.2) is 0 Å². The topological polar surface area (TPSA) is 77.4 Å². The predicted octanol–water partition coefficient (Wildman–Crippen LogP) is 3.45. The van der Waals surface area contributed by atoms with Gasteiger partial charge in [0.2, 0.25) is 0 Å². The van der Waals surface area contributed by atoms with Crippen LogP contribution < -0.4 is 0 Å². The minimum atomic E-state index is -1.20. The summed E-state index contributed by atoms with van der Waals surface area (Å²) in [6.07, 6.45) is -3.94. The van der Waals surface area contributed by atoms with E-state index >= 15 is 0 Å². The summed E-state index contributed by atoms with van der Waals surface area (Å²) in [5.74, 6) is 0. The van der Waals surface area contributed by atoms with Gasteiger partial charge < -0.3 is 29.2 Å². The molecular weight excluding hydrogens is 420 g/mol. The maximum absolute atomic E-state index is 10.7. The van der Waals surface area contributed by atoms with Crippen LogP contribution in [0.1, 0.15) is 16.7 Å². The fourth-order valence-electron chi connectivity index (χ4n) is 3.89. The molecule has 6 heteroatoms. The van der Waals surface area contributed by atoms with Crippen molar-refractivity contribution in [2.45, 2.75) is 50.5 Å². The number of hydrogen-bond acceptors (Lipinski definition) is 6. The van der Waals surface area contributed by atoms with Gasteiger partial charge in [0.15, 0.2) is 6.29 Å². The molecule has 1 heterocycles. The largest absolute Gasteiger partial charge is 0.394 e. The third-order valence-electron chi connectivity index (χ3n) is 5.65. The first-order valence-corrected chi connectivity index (χ1v) is 11.2. The van der Waals surface area contributed by atoms with Crippen molar-refractivity contribution in [2.75, 3.05) is 6.61 Å². The molecule has 0 spiro atoms. The van der Waals surface area contributed by atoms with Gasteiger partial charge in [-0.2, -0.15) is 0 Å². The maximum Gasteiger partial charge on any atom is 0.184 e. The van der Waals surface area contributed by atoms with Gasteiger partial charge >= 0.3 is 0 Å². The van der Waals surface area contributed by atoms with E-state index in [0.29, 0.717) is 19.8 Å². The molecule has 2 N–H and O–H groups in total. The Hall–Kier alpha value is -2.58. The molecule has 3 aromatic carbocycles. The molecule has 0 saturated carbocycles. The van der Waals surface area contributed by atoms with E-state index in [4.69, 9.17) is 18.9 Å². The molecule has 3 aromatic rings. The fraction of sp³-hybridized carbons (Fsp3) is 0.333. The van der Waals surface area contributed by atoms with Crippen LogP contribution in [0.5, 0.6) is 0 Å². The highest BCUT2D eigenvalue weighted by Crippen LogP contribution is 2.30. The average Bonchev–Trinajstić information content (AvgIpc) is 3.18. The molecule has 5 atom stereocenters. The third kappa shape index (κ3) is 6.48. The molecular formula is C27H30O6. The van der Waals surface area contributed by atoms with Crippen LogP contribution in [0.4, 0.5) is 0 Å². The minimum absolute atomic E-state index is 0.277. The lowest BCUT2D eigenvalue weighted by molar-refractivity contribution is -0.170. The molecule has 1 saturated heterocycles. The summed E-state index contributed by atoms with van der Waals surface area (Å²) in [6, 6.07) is 29.2. The fourth-order valence-corrected chi connectivity index (χ4v) is 3.89. The van der Waals surface area contributed by atoms with E-state index in [2.05, 4.69) is 0 Å². The molecule has 6 nitrogen and oxygen atoms in total. The van der Waals surface area contributed by atoms with E-state index in [1.54, 1.807) is 0 Å². The molecule has 0 aliphatic carbocycles. The van der Waals surface area contributed by atoms with Crippen molar-refractivity contribution in [2.24, 2.45) is 0 Å². The van der Waals surface area contributed by atoms with Crippen LogP contribution in [0.2, 0.25) is 0 Å². The first-order chi connectivity index (χ1) is 16.2. The summed E-state index contributed by atoms with van der Waals surface area (Å²) in [7, 11) is 0. The molecule has 1 fully saturated rings. The lowest BCUT2D eigenvalue weighted by Gasteiger charge is -2.28. The molecule has 33 heavy (non-hydrogen) atoms. The number of rotatable bonds is 11. The van der Waals surface area contributed by atoms with Gasteiger partial charge in [0.1, 0.15) is 24.4 Å². The van der Waals surface area contributed by atoms with E-state index in [0.717, 1.165) is 16.7 Å². The van der Waals surface area contributed by atoms with Crippen molar-refractivity contribution >= 4 is 0 Å². The molecule has 174 valence electrons. The molecule has 1 aliphatic rings. The van der Waals surface area contributed by atoms with Gasteiger partial charge in [0.05, 0.1) is 26.4 Å². The lowest BCUT2D eigenvalue weighted by Crippen LogP contribution is -2.44. The monoisotopic (exact) mass is 450 g/mol. The quantitative estimate of drug-likeness (QED) is 0.466. The van der Waals surface area contributed by atoms with Crippen molar-refractivity contribution in [3.05, 3.63) is 108 Å². The van der Waals surface area contributed by atoms with E-state index in [1.807, 2.05) is 91.0 Å². The van der Waals surface area contributed by atoms with E-state index in [1.165, 1.54) is 0 Å². The summed E-state index contributed by atoms with van der Waals surface area (Å²) in [5, 5.41) is 20.7. The van der Waals surface area contributed by atoms with Gasteiger partial charge in [-0.05, 0) is 16.7 Å². The maximum atomic E-state index is 10.7. The molecule has 0 aromatic heterocycles. The highest BCUT2D eigenvalue weighted by Gasteiger charge is 2.49. The summed E-state index contributed by atoms with van der Waals surface area (Å²) in [4.78, 5) is 0. The van der Waals surface area contributed by atoms with Gasteiger partial charge in [-0.3, -0.25) is 0 Å². The van der Waals surface area contributed by atoms with E-state index < -0.39 is 30.7 Å². The molecule has 0 radical (unpaired) electrons. The van der Waals surface area contributed by atoms with Gasteiger partial charge in [0, 0.05) is 0 Å². The summed E-state index contributed by atoms with van der Waals surface area (Å²) in [5.41, 5.74) is 2.95. The standard InChI is InChI=1S/C27H30O6/c28-16-23(30-17-20-10-4-1-5-11-20)24-25(31-18-21-12-6-2-7-13-21)26(27(29)33-24)32-19-22-14-8-3-9-15-22/h1-15,23-29H,16-19H2/t23-,24-,25+,26-,27-/m1/s1. The Labute approximate surface area is 194 Å². The third-order valence-corrected chi connectivity index (χ3v) is 5.65. The molecule has 4 rings (SSSR count). The molecule has 0 unspecified atom stereocenters. The van der Waals surface area contributed by atoms with Gasteiger partial charge in [-0.1, -0.05) is 91.0 Å². The van der Waals surface area contributed by atoms with Crippen LogP contribution >= 0.6 is 0 Å². The molecule has 0 amide bonds. The second-order valence-electron chi connectivity index (χ2n) is 8.03. The first kappa shape index (κ1) is 23.6. The Kier molecular flexibility index (Phi) is 8.60. The SMILES string of the molecule is OC[C@@H](OCc1ccccc1)[C@H]1O[C@@H](O)[C@H](OCc2ccccc2)[C@H]1OCc1ccccc1. The Morgan fingerprint density at radius 1 is 0.667 bits per heavy atom. The van der Waals surface area contributed by atoms with Crippen molar-refractivity contribution in [3.8, 4) is 0 Å². The van der Waals surface area contributed by atoms with Gasteiger partial charge in [-0.15, -0.1) is 0 Å². The molecule has 0 bridgehead atoms. The average molecular weight is 451 g/mol. The van der Waals surface area contributed by atoms with Crippen molar-refractivity contribution in [3.63, 3.8) is 0 Å². The summed E-state index contributed by atoms with van der Waals surface area (Å²) in [6.45, 7) is 0.655. The van der Waals surface area contributed by atoms with Crippen LogP contribution in [0.25, 0.3) is 0 Å². The second-order valence-corrected chi connectivity index (χ2v) is 8.03. The highest BCUT2D eigenvalue weighted by molar-refractivity contribution is 5.15. The smallest absolute Gasteiger partial charge is 0.184 e. The number of aliphatic hydroxyl groups is 2. The summed E-state index contributed by atoms with van der Waals surface area (Å²) >= 11 is 0. The lowest BCUT2D eigenvalue weighted by atomic mass is 10.1. The van der Waals surface area contributed by atoms with Crippen molar-refractivity contribution in [1.29, 1.82) is 0 Å². The van der Waals surface area contributed by atoms with E-state index in [-0.39, 0.29) is 6.61 Å². The predicted molar refractivity (Wildman–Crippen MR) is 123 cm³/mol. The number of ether oxygens (including phenoxy) is 4. The Morgan fingerprint density at radius 3 is 1.61 bits per heavy atom. The number of hydrogen-bond donors (Lipinski definition) is 2. The zero-order valence-corrected chi connectivity index (χ0v) is 18.4. The highest BCUT2D eigenvalue weighted by atomic mass is 16.7. The number of benzene rings is 3. The minimum Gasteiger partial charge on any atom is -0.394 e. The first-order valence-electron chi connectivity index (χ1n) is 11.2. The Morgan fingerprint density at radius 2 is 1.12 bits per heavy atom. The Balaban J connectivity index is 1.47. The zero-order chi connectivity index (χ0) is 22.9. The van der Waals surface area contributed by atoms with Crippen molar-refractivity contribution < 1.29 is 29.2 Å². The van der Waals surface area contributed by atoms with Crippen LogP contribution in [0, 0.1) is 0 Å². The van der Waals surface area contributed by atoms with E-state index in [9.17, 15) is 10.2 Å². The normalized spacial score (nSPS) is 23.5. The summed E-state index contributed by atoms with van der Waals surface area (Å²) < 4.78 is 24.1. The van der Waals surface area contributed by atoms with Gasteiger partial charge in [0.25, 0.3) is 0 Å². The zero-order valence-electron chi connectivity index (χ0n) is 18.4. The van der Waals surface area contributed by atoms with Crippen LogP contribution in [0.15, 0.2) is 91.0 Å². The van der Waals surface area contributed by atoms with Crippen LogP contribution in [0.3, 0.4) is 0 Å². The van der Waals surface area contributed by atoms with Crippen LogP contribution in [-0.4, -0.2) is 47.5 Å². The Bertz CT molecular complexity index is 937. The van der Waals surface area contributed by atoms with Crippen LogP contribution in [-0.2, 0) is 38.8 Å². The second kappa shape index (κ2) is 12.0. The van der Waals surface area contributed by atoms with Crippen molar-refractivity contribution in [1.82, 2.24) is 0 Å². The molecule has 1 aliphatic heterocycles.